The third-order valence-electron chi connectivity index (χ3n) is 2.11. The molecule has 0 aliphatic heterocycles. The van der Waals surface area contributed by atoms with Crippen molar-refractivity contribution in [3.05, 3.63) is 35.9 Å². The van der Waals surface area contributed by atoms with Gasteiger partial charge in [-0.15, -0.1) is 0 Å². The second kappa shape index (κ2) is 6.98. The molecule has 16 heavy (non-hydrogen) atoms. The number of carboxylic acids is 1. The second-order valence-corrected chi connectivity index (χ2v) is 3.55. The van der Waals surface area contributed by atoms with E-state index in [1.165, 1.54) is 0 Å². The number of hydrogen-bond donors (Lipinski definition) is 2. The molecule has 0 fully saturated rings. The zero-order chi connectivity index (χ0) is 11.8. The SMILES string of the molecule is CCCON[C@@H](Cc1ccccc1)C(=O)O. The van der Waals surface area contributed by atoms with E-state index < -0.39 is 12.0 Å². The van der Waals surface area contributed by atoms with Crippen LogP contribution < -0.4 is 5.48 Å². The van der Waals surface area contributed by atoms with Gasteiger partial charge in [-0.05, 0) is 12.0 Å². The van der Waals surface area contributed by atoms with Gasteiger partial charge in [0.2, 0.25) is 0 Å². The van der Waals surface area contributed by atoms with Crippen LogP contribution in [-0.2, 0) is 16.1 Å². The molecule has 0 unspecified atom stereocenters. The molecule has 0 radical (unpaired) electrons. The van der Waals surface area contributed by atoms with Gasteiger partial charge in [-0.1, -0.05) is 37.3 Å². The van der Waals surface area contributed by atoms with E-state index in [2.05, 4.69) is 5.48 Å². The van der Waals surface area contributed by atoms with Crippen molar-refractivity contribution in [2.75, 3.05) is 6.61 Å². The van der Waals surface area contributed by atoms with Gasteiger partial charge in [0.25, 0.3) is 0 Å². The van der Waals surface area contributed by atoms with Crippen LogP contribution in [0.15, 0.2) is 30.3 Å². The van der Waals surface area contributed by atoms with Gasteiger partial charge in [0, 0.05) is 6.42 Å². The standard InChI is InChI=1S/C12H17NO3/c1-2-8-16-13-11(12(14)15)9-10-6-4-3-5-7-10/h3-7,11,13H,2,8-9H2,1H3,(H,14,15)/t11-/m0/s1. The molecule has 1 aromatic carbocycles. The van der Waals surface area contributed by atoms with Crippen molar-refractivity contribution in [2.24, 2.45) is 0 Å². The lowest BCUT2D eigenvalue weighted by atomic mass is 10.1. The number of hydrogen-bond acceptors (Lipinski definition) is 3. The molecule has 0 aliphatic rings. The lowest BCUT2D eigenvalue weighted by Crippen LogP contribution is -2.38. The maximum absolute atomic E-state index is 11.0. The lowest BCUT2D eigenvalue weighted by molar-refractivity contribution is -0.144. The van der Waals surface area contributed by atoms with Gasteiger partial charge < -0.3 is 9.94 Å². The molecule has 0 bridgehead atoms. The van der Waals surface area contributed by atoms with Crippen LogP contribution in [0.5, 0.6) is 0 Å². The molecule has 0 aromatic heterocycles. The molecule has 4 nitrogen and oxygen atoms in total. The Bertz CT molecular complexity index is 313. The highest BCUT2D eigenvalue weighted by atomic mass is 16.6. The first-order chi connectivity index (χ1) is 7.74. The number of aliphatic carboxylic acids is 1. The first-order valence-electron chi connectivity index (χ1n) is 5.38. The third kappa shape index (κ3) is 4.42. The van der Waals surface area contributed by atoms with Gasteiger partial charge in [-0.2, -0.15) is 5.48 Å². The van der Waals surface area contributed by atoms with Crippen molar-refractivity contribution in [3.63, 3.8) is 0 Å². The zero-order valence-corrected chi connectivity index (χ0v) is 9.35. The smallest absolute Gasteiger partial charge is 0.323 e. The van der Waals surface area contributed by atoms with Crippen molar-refractivity contribution in [3.8, 4) is 0 Å². The third-order valence-corrected chi connectivity index (χ3v) is 2.11. The van der Waals surface area contributed by atoms with E-state index in [1.807, 2.05) is 37.3 Å². The molecule has 0 aliphatic carbocycles. The highest BCUT2D eigenvalue weighted by Gasteiger charge is 2.17. The predicted molar refractivity (Wildman–Crippen MR) is 60.9 cm³/mol. The van der Waals surface area contributed by atoms with Gasteiger partial charge in [0.15, 0.2) is 0 Å². The van der Waals surface area contributed by atoms with Crippen molar-refractivity contribution < 1.29 is 14.7 Å². The number of nitrogens with one attached hydrogen (secondary N) is 1. The Morgan fingerprint density at radius 2 is 2.12 bits per heavy atom. The van der Waals surface area contributed by atoms with E-state index in [-0.39, 0.29) is 0 Å². The fourth-order valence-corrected chi connectivity index (χ4v) is 1.29. The minimum absolute atomic E-state index is 0.417. The van der Waals surface area contributed by atoms with Gasteiger partial charge >= 0.3 is 5.97 Å². The number of rotatable bonds is 7. The summed E-state index contributed by atoms with van der Waals surface area (Å²) >= 11 is 0. The second-order valence-electron chi connectivity index (χ2n) is 3.55. The summed E-state index contributed by atoms with van der Waals surface area (Å²) in [6.45, 7) is 2.48. The summed E-state index contributed by atoms with van der Waals surface area (Å²) in [6, 6.07) is 8.78. The quantitative estimate of drug-likeness (QED) is 0.544. The normalized spacial score (nSPS) is 12.3. The average molecular weight is 223 g/mol. The molecular weight excluding hydrogens is 206 g/mol. The molecule has 0 saturated carbocycles. The molecule has 2 N–H and O–H groups in total. The largest absolute Gasteiger partial charge is 0.480 e. The first kappa shape index (κ1) is 12.7. The number of benzene rings is 1. The van der Waals surface area contributed by atoms with Crippen molar-refractivity contribution >= 4 is 5.97 Å². The summed E-state index contributed by atoms with van der Waals surface area (Å²) in [4.78, 5) is 16.0. The molecule has 0 spiro atoms. The monoisotopic (exact) mass is 223 g/mol. The Morgan fingerprint density at radius 1 is 1.44 bits per heavy atom. The van der Waals surface area contributed by atoms with Gasteiger partial charge in [-0.3, -0.25) is 4.79 Å². The van der Waals surface area contributed by atoms with Gasteiger partial charge in [0.1, 0.15) is 6.04 Å². The van der Waals surface area contributed by atoms with E-state index >= 15 is 0 Å². The van der Waals surface area contributed by atoms with E-state index in [9.17, 15) is 4.79 Å². The van der Waals surface area contributed by atoms with Crippen LogP contribution in [0.1, 0.15) is 18.9 Å². The highest BCUT2D eigenvalue weighted by Crippen LogP contribution is 2.03. The molecule has 0 saturated heterocycles. The van der Waals surface area contributed by atoms with Gasteiger partial charge in [0.05, 0.1) is 6.61 Å². The lowest BCUT2D eigenvalue weighted by Gasteiger charge is -2.13. The number of carboxylic acid groups (broad SMARTS) is 1. The van der Waals surface area contributed by atoms with Gasteiger partial charge in [-0.25, -0.2) is 0 Å². The molecule has 88 valence electrons. The summed E-state index contributed by atoms with van der Waals surface area (Å²) in [5.74, 6) is -0.903. The minimum Gasteiger partial charge on any atom is -0.480 e. The summed E-state index contributed by atoms with van der Waals surface area (Å²) < 4.78 is 0. The summed E-state index contributed by atoms with van der Waals surface area (Å²) in [6.07, 6.45) is 1.27. The van der Waals surface area contributed by atoms with Crippen LogP contribution in [-0.4, -0.2) is 23.7 Å². The molecule has 0 amide bonds. The van der Waals surface area contributed by atoms with E-state index in [0.717, 1.165) is 12.0 Å². The summed E-state index contributed by atoms with van der Waals surface area (Å²) in [5.41, 5.74) is 3.54. The average Bonchev–Trinajstić information content (AvgIpc) is 2.29. The van der Waals surface area contributed by atoms with Crippen molar-refractivity contribution in [2.45, 2.75) is 25.8 Å². The Balaban J connectivity index is 2.48. The predicted octanol–water partition coefficient (Wildman–Crippen LogP) is 1.61. The molecule has 1 atom stereocenters. The van der Waals surface area contributed by atoms with Crippen molar-refractivity contribution in [1.82, 2.24) is 5.48 Å². The zero-order valence-electron chi connectivity index (χ0n) is 9.35. The minimum atomic E-state index is -0.903. The van der Waals surface area contributed by atoms with E-state index in [4.69, 9.17) is 9.94 Å². The van der Waals surface area contributed by atoms with Crippen LogP contribution in [0, 0.1) is 0 Å². The topological polar surface area (TPSA) is 58.6 Å². The van der Waals surface area contributed by atoms with E-state index in [1.54, 1.807) is 0 Å². The van der Waals surface area contributed by atoms with Crippen LogP contribution in [0.4, 0.5) is 0 Å². The molecule has 0 heterocycles. The maximum Gasteiger partial charge on any atom is 0.323 e. The van der Waals surface area contributed by atoms with Crippen LogP contribution in [0.25, 0.3) is 0 Å². The molecule has 1 rings (SSSR count). The molecular formula is C12H17NO3. The van der Waals surface area contributed by atoms with Crippen LogP contribution in [0.3, 0.4) is 0 Å². The summed E-state index contributed by atoms with van der Waals surface area (Å²) in [5, 5.41) is 8.99. The number of hydroxylamine groups is 1. The fourth-order valence-electron chi connectivity index (χ4n) is 1.29. The Morgan fingerprint density at radius 3 is 2.69 bits per heavy atom. The van der Waals surface area contributed by atoms with E-state index in [0.29, 0.717) is 13.0 Å². The molecule has 1 aromatic rings. The molecule has 4 heteroatoms. The van der Waals surface area contributed by atoms with Crippen LogP contribution in [0.2, 0.25) is 0 Å². The van der Waals surface area contributed by atoms with Crippen LogP contribution >= 0.6 is 0 Å². The highest BCUT2D eigenvalue weighted by molar-refractivity contribution is 5.73. The maximum atomic E-state index is 11.0. The Labute approximate surface area is 95.2 Å². The fraction of sp³-hybridized carbons (Fsp3) is 0.417. The Hall–Kier alpha value is -1.39. The Kier molecular flexibility index (Phi) is 5.53. The summed E-state index contributed by atoms with van der Waals surface area (Å²) in [7, 11) is 0. The number of carbonyl (C=O) groups is 1. The first-order valence-corrected chi connectivity index (χ1v) is 5.38. The van der Waals surface area contributed by atoms with Crippen molar-refractivity contribution in [1.29, 1.82) is 0 Å².